The predicted molar refractivity (Wildman–Crippen MR) is 114 cm³/mol. The molecule has 3 rings (SSSR count). The molecule has 1 atom stereocenters. The molecule has 0 bridgehead atoms. The van der Waals surface area contributed by atoms with Crippen LogP contribution in [0, 0.1) is 5.92 Å². The number of piperidine rings is 2. The number of carbonyl (C=O) groups is 2. The van der Waals surface area contributed by atoms with Crippen molar-refractivity contribution in [2.45, 2.75) is 43.7 Å². The van der Waals surface area contributed by atoms with Crippen LogP contribution in [0.4, 0.5) is 0 Å². The molecule has 0 aromatic carbocycles. The van der Waals surface area contributed by atoms with E-state index in [1.54, 1.807) is 6.92 Å². The van der Waals surface area contributed by atoms with Gasteiger partial charge in [-0.15, -0.1) is 0 Å². The van der Waals surface area contributed by atoms with Crippen LogP contribution in [0.2, 0.25) is 0 Å². The van der Waals surface area contributed by atoms with Gasteiger partial charge in [0.1, 0.15) is 0 Å². The topological polar surface area (TPSA) is 143 Å². The average Bonchev–Trinajstić information content (AvgIpc) is 3.25. The number of carbonyl (C=O) groups excluding carboxylic acids is 2. The van der Waals surface area contributed by atoms with Gasteiger partial charge in [-0.2, -0.15) is 4.31 Å². The smallest absolute Gasteiger partial charge is 0.374 e. The molecule has 13 heteroatoms. The highest BCUT2D eigenvalue weighted by atomic mass is 32.2. The molecule has 3 heterocycles. The third-order valence-corrected chi connectivity index (χ3v) is 8.72. The largest absolute Gasteiger partial charge is 0.460 e. The molecule has 180 valence electrons. The van der Waals surface area contributed by atoms with Crippen LogP contribution in [-0.2, 0) is 29.6 Å². The lowest BCUT2D eigenvalue weighted by Crippen LogP contribution is -2.51. The Hall–Kier alpha value is -1.96. The van der Waals surface area contributed by atoms with Gasteiger partial charge in [0.15, 0.2) is 0 Å². The van der Waals surface area contributed by atoms with Crippen molar-refractivity contribution < 1.29 is 35.6 Å². The van der Waals surface area contributed by atoms with Gasteiger partial charge in [-0.25, -0.2) is 25.9 Å². The maximum atomic E-state index is 12.8. The average molecular weight is 492 g/mol. The summed E-state index contributed by atoms with van der Waals surface area (Å²) in [5.74, 6) is -1.47. The van der Waals surface area contributed by atoms with E-state index in [9.17, 15) is 26.4 Å². The summed E-state index contributed by atoms with van der Waals surface area (Å²) in [6.07, 6.45) is 3.19. The van der Waals surface area contributed by atoms with Crippen molar-refractivity contribution in [1.82, 2.24) is 13.9 Å². The molecule has 0 saturated carbocycles. The first-order chi connectivity index (χ1) is 15.0. The summed E-state index contributed by atoms with van der Waals surface area (Å²) < 4.78 is 61.7. The zero-order chi connectivity index (χ0) is 23.5. The van der Waals surface area contributed by atoms with Gasteiger partial charge < -0.3 is 14.5 Å². The Morgan fingerprint density at radius 2 is 1.78 bits per heavy atom. The maximum Gasteiger partial charge on any atom is 0.374 e. The van der Waals surface area contributed by atoms with E-state index < -0.39 is 26.0 Å². The Morgan fingerprint density at radius 3 is 2.41 bits per heavy atom. The number of hydrogen-bond donors (Lipinski definition) is 1. The molecule has 1 aromatic rings. The molecule has 2 saturated heterocycles. The van der Waals surface area contributed by atoms with Crippen LogP contribution in [-0.4, -0.2) is 82.4 Å². The van der Waals surface area contributed by atoms with Gasteiger partial charge in [-0.05, 0) is 44.7 Å². The number of amides is 1. The molecule has 1 amide bonds. The molecule has 1 unspecified atom stereocenters. The molecular formula is C19H29N3O8S2. The van der Waals surface area contributed by atoms with E-state index in [0.29, 0.717) is 32.2 Å². The van der Waals surface area contributed by atoms with Crippen LogP contribution >= 0.6 is 0 Å². The lowest BCUT2D eigenvalue weighted by atomic mass is 9.96. The number of ether oxygens (including phenoxy) is 1. The molecule has 2 fully saturated rings. The Labute approximate surface area is 188 Å². The molecule has 1 aromatic heterocycles. The summed E-state index contributed by atoms with van der Waals surface area (Å²) in [5.41, 5.74) is 0. The zero-order valence-corrected chi connectivity index (χ0v) is 19.8. The van der Waals surface area contributed by atoms with Gasteiger partial charge in [0.25, 0.3) is 10.0 Å². The number of rotatable bonds is 7. The standard InChI is InChI=1S/C19H29N3O8S2/c1-3-29-19(24)16-6-7-17(30-16)32(27,28)21-11-8-14(9-12-21)18(23)20-15-5-4-10-22(13-15)31(2,25)26/h6-7,14-15H,3-5,8-13H2,1-2H3,(H,20,23). The summed E-state index contributed by atoms with van der Waals surface area (Å²) in [7, 11) is -7.24. The van der Waals surface area contributed by atoms with Gasteiger partial charge in [0.2, 0.25) is 26.8 Å². The maximum absolute atomic E-state index is 12.8. The first-order valence-electron chi connectivity index (χ1n) is 10.5. The highest BCUT2D eigenvalue weighted by Crippen LogP contribution is 2.26. The molecule has 0 spiro atoms. The zero-order valence-electron chi connectivity index (χ0n) is 18.2. The SMILES string of the molecule is CCOC(=O)c1ccc(S(=O)(=O)N2CCC(C(=O)NC3CCCN(S(C)(=O)=O)C3)CC2)o1. The molecule has 0 aliphatic carbocycles. The first kappa shape index (κ1) is 24.7. The van der Waals surface area contributed by atoms with Crippen molar-refractivity contribution in [3.05, 3.63) is 17.9 Å². The van der Waals surface area contributed by atoms with Gasteiger partial charge >= 0.3 is 5.97 Å². The van der Waals surface area contributed by atoms with Gasteiger partial charge in [-0.1, -0.05) is 0 Å². The minimum atomic E-state index is -3.94. The van der Waals surface area contributed by atoms with Crippen molar-refractivity contribution in [1.29, 1.82) is 0 Å². The number of nitrogens with zero attached hydrogens (tertiary/aromatic N) is 2. The Kier molecular flexibility index (Phi) is 7.63. The number of hydrogen-bond acceptors (Lipinski definition) is 8. The highest BCUT2D eigenvalue weighted by Gasteiger charge is 2.35. The molecule has 1 N–H and O–H groups in total. The fourth-order valence-electron chi connectivity index (χ4n) is 3.94. The van der Waals surface area contributed by atoms with Gasteiger partial charge in [0.05, 0.1) is 12.9 Å². The number of furan rings is 1. The second kappa shape index (κ2) is 9.89. The quantitative estimate of drug-likeness (QED) is 0.540. The summed E-state index contributed by atoms with van der Waals surface area (Å²) >= 11 is 0. The Balaban J connectivity index is 1.55. The highest BCUT2D eigenvalue weighted by molar-refractivity contribution is 7.89. The van der Waals surface area contributed by atoms with Crippen LogP contribution < -0.4 is 5.32 Å². The fourth-order valence-corrected chi connectivity index (χ4v) is 6.23. The van der Waals surface area contributed by atoms with Crippen LogP contribution in [0.25, 0.3) is 0 Å². The summed E-state index contributed by atoms with van der Waals surface area (Å²) in [5, 5.41) is 2.58. The molecule has 11 nitrogen and oxygen atoms in total. The van der Waals surface area contributed by atoms with Crippen molar-refractivity contribution in [2.75, 3.05) is 39.0 Å². The van der Waals surface area contributed by atoms with E-state index in [2.05, 4.69) is 5.32 Å². The third kappa shape index (κ3) is 5.69. The van der Waals surface area contributed by atoms with E-state index in [1.165, 1.54) is 20.7 Å². The lowest BCUT2D eigenvalue weighted by molar-refractivity contribution is -0.127. The van der Waals surface area contributed by atoms with Crippen molar-refractivity contribution in [3.63, 3.8) is 0 Å². The first-order valence-corrected chi connectivity index (χ1v) is 13.8. The monoisotopic (exact) mass is 491 g/mol. The lowest BCUT2D eigenvalue weighted by Gasteiger charge is -2.34. The fraction of sp³-hybridized carbons (Fsp3) is 0.684. The molecule has 0 radical (unpaired) electrons. The Morgan fingerprint density at radius 1 is 1.09 bits per heavy atom. The summed E-state index contributed by atoms with van der Waals surface area (Å²) in [6.45, 7) is 2.75. The number of esters is 1. The van der Waals surface area contributed by atoms with Crippen molar-refractivity contribution in [3.8, 4) is 0 Å². The minimum Gasteiger partial charge on any atom is -0.460 e. The minimum absolute atomic E-state index is 0.135. The number of sulfonamides is 2. The van der Waals surface area contributed by atoms with Gasteiger partial charge in [-0.3, -0.25) is 4.79 Å². The Bertz CT molecular complexity index is 1040. The molecule has 2 aliphatic heterocycles. The van der Waals surface area contributed by atoms with Crippen molar-refractivity contribution in [2.24, 2.45) is 5.92 Å². The van der Waals surface area contributed by atoms with Crippen LogP contribution in [0.15, 0.2) is 21.6 Å². The van der Waals surface area contributed by atoms with E-state index in [4.69, 9.17) is 9.15 Å². The normalized spacial score (nSPS) is 21.9. The molecular weight excluding hydrogens is 462 g/mol. The van der Waals surface area contributed by atoms with E-state index in [1.807, 2.05) is 0 Å². The second-order valence-corrected chi connectivity index (χ2v) is 11.8. The summed E-state index contributed by atoms with van der Waals surface area (Å²) in [4.78, 5) is 24.4. The van der Waals surface area contributed by atoms with Crippen LogP contribution in [0.5, 0.6) is 0 Å². The summed E-state index contributed by atoms with van der Waals surface area (Å²) in [6, 6.07) is 2.23. The van der Waals surface area contributed by atoms with E-state index >= 15 is 0 Å². The second-order valence-electron chi connectivity index (χ2n) is 7.99. The molecule has 2 aliphatic rings. The van der Waals surface area contributed by atoms with E-state index in [0.717, 1.165) is 6.26 Å². The van der Waals surface area contributed by atoms with E-state index in [-0.39, 0.29) is 55.0 Å². The predicted octanol–water partition coefficient (Wildman–Crippen LogP) is 0.397. The van der Waals surface area contributed by atoms with Crippen molar-refractivity contribution >= 4 is 31.9 Å². The van der Waals surface area contributed by atoms with Crippen LogP contribution in [0.3, 0.4) is 0 Å². The van der Waals surface area contributed by atoms with Gasteiger partial charge in [0, 0.05) is 38.1 Å². The number of nitrogens with one attached hydrogen (secondary N) is 1. The molecule has 32 heavy (non-hydrogen) atoms. The third-order valence-electron chi connectivity index (χ3n) is 5.68. The van der Waals surface area contributed by atoms with Crippen LogP contribution in [0.1, 0.15) is 43.2 Å².